The summed E-state index contributed by atoms with van der Waals surface area (Å²) in [6, 6.07) is 7.53. The van der Waals surface area contributed by atoms with Gasteiger partial charge in [0, 0.05) is 16.5 Å². The van der Waals surface area contributed by atoms with Crippen LogP contribution in [0.2, 0.25) is 4.34 Å². The lowest BCUT2D eigenvalue weighted by Crippen LogP contribution is -2.08. The van der Waals surface area contributed by atoms with Crippen LogP contribution in [0.5, 0.6) is 0 Å². The van der Waals surface area contributed by atoms with E-state index in [1.54, 1.807) is 25.1 Å². The maximum atomic E-state index is 13.1. The van der Waals surface area contributed by atoms with Gasteiger partial charge in [0.25, 0.3) is 0 Å². The van der Waals surface area contributed by atoms with E-state index in [0.29, 0.717) is 33.9 Å². The fraction of sp³-hybridized carbons (Fsp3) is 0.176. The van der Waals surface area contributed by atoms with E-state index in [-0.39, 0.29) is 18.2 Å². The Hall–Kier alpha value is -2.18. The molecule has 0 aliphatic rings. The van der Waals surface area contributed by atoms with Crippen LogP contribution in [0.15, 0.2) is 40.1 Å². The van der Waals surface area contributed by atoms with Crippen molar-refractivity contribution in [1.29, 1.82) is 0 Å². The quantitative estimate of drug-likeness (QED) is 0.599. The van der Waals surface area contributed by atoms with Crippen molar-refractivity contribution in [2.24, 2.45) is 0 Å². The van der Waals surface area contributed by atoms with Crippen LogP contribution in [0.25, 0.3) is 22.8 Å². The smallest absolute Gasteiger partial charge is 0.312 e. The van der Waals surface area contributed by atoms with Crippen LogP contribution in [0.4, 0.5) is 4.39 Å². The molecule has 7 heteroatoms. The average molecular weight is 366 g/mol. The van der Waals surface area contributed by atoms with E-state index in [1.807, 2.05) is 5.38 Å². The summed E-state index contributed by atoms with van der Waals surface area (Å²) in [4.78, 5) is 16.2. The zero-order valence-electron chi connectivity index (χ0n) is 12.7. The minimum absolute atomic E-state index is 0.0126. The first kappa shape index (κ1) is 16.7. The minimum atomic E-state index is -0.390. The Morgan fingerprint density at radius 1 is 1.33 bits per heavy atom. The van der Waals surface area contributed by atoms with Gasteiger partial charge >= 0.3 is 5.97 Å². The summed E-state index contributed by atoms with van der Waals surface area (Å²) in [5.74, 6) is 0.0399. The number of thiophene rings is 1. The lowest BCUT2D eigenvalue weighted by Gasteiger charge is -2.00. The highest BCUT2D eigenvalue weighted by Crippen LogP contribution is 2.34. The SMILES string of the molecule is CCOC(=O)Cc1nc(-c2ccc(F)cc2)oc1-c1csc(Cl)c1. The second-order valence-corrected chi connectivity index (χ2v) is 6.47. The molecule has 0 aliphatic heterocycles. The summed E-state index contributed by atoms with van der Waals surface area (Å²) in [6.45, 7) is 2.03. The first-order valence-electron chi connectivity index (χ1n) is 7.22. The predicted octanol–water partition coefficient (Wildman–Crippen LogP) is 4.97. The van der Waals surface area contributed by atoms with Crippen molar-refractivity contribution in [3.05, 3.63) is 51.6 Å². The van der Waals surface area contributed by atoms with Crippen LogP contribution in [-0.4, -0.2) is 17.6 Å². The van der Waals surface area contributed by atoms with Gasteiger partial charge in [-0.2, -0.15) is 0 Å². The van der Waals surface area contributed by atoms with E-state index in [1.165, 1.54) is 23.5 Å². The molecule has 0 amide bonds. The highest BCUT2D eigenvalue weighted by molar-refractivity contribution is 7.14. The Morgan fingerprint density at radius 3 is 2.71 bits per heavy atom. The van der Waals surface area contributed by atoms with Crippen LogP contribution in [0, 0.1) is 5.82 Å². The van der Waals surface area contributed by atoms with Gasteiger partial charge in [0.2, 0.25) is 5.89 Å². The fourth-order valence-electron chi connectivity index (χ4n) is 2.19. The third kappa shape index (κ3) is 3.66. The van der Waals surface area contributed by atoms with Gasteiger partial charge in [-0.1, -0.05) is 11.6 Å². The highest BCUT2D eigenvalue weighted by atomic mass is 35.5. The first-order chi connectivity index (χ1) is 11.6. The average Bonchev–Trinajstić information content (AvgIpc) is 3.14. The summed E-state index contributed by atoms with van der Waals surface area (Å²) in [5, 5.41) is 1.83. The van der Waals surface area contributed by atoms with Crippen molar-refractivity contribution in [2.45, 2.75) is 13.3 Å². The molecule has 0 N–H and O–H groups in total. The monoisotopic (exact) mass is 365 g/mol. The Labute approximate surface area is 146 Å². The normalized spacial score (nSPS) is 10.8. The molecule has 2 heterocycles. The number of benzene rings is 1. The van der Waals surface area contributed by atoms with Crippen molar-refractivity contribution < 1.29 is 18.3 Å². The van der Waals surface area contributed by atoms with Crippen LogP contribution in [0.1, 0.15) is 12.6 Å². The Balaban J connectivity index is 2.01. The standard InChI is InChI=1S/C17H13ClFNO3S/c1-2-22-15(21)8-13-16(11-7-14(18)24-9-11)23-17(20-13)10-3-5-12(19)6-4-10/h3-7,9H,2,8H2,1H3. The molecule has 3 rings (SSSR count). The number of hydrogen-bond acceptors (Lipinski definition) is 5. The van der Waals surface area contributed by atoms with Crippen molar-refractivity contribution in [3.63, 3.8) is 0 Å². The van der Waals surface area contributed by atoms with Gasteiger partial charge in [-0.3, -0.25) is 4.79 Å². The lowest BCUT2D eigenvalue weighted by atomic mass is 10.2. The molecule has 3 aromatic rings. The summed E-state index contributed by atoms with van der Waals surface area (Å²) >= 11 is 7.34. The van der Waals surface area contributed by atoms with Crippen LogP contribution >= 0.6 is 22.9 Å². The number of hydrogen-bond donors (Lipinski definition) is 0. The zero-order valence-corrected chi connectivity index (χ0v) is 14.3. The van der Waals surface area contributed by atoms with E-state index in [0.717, 1.165) is 5.56 Å². The van der Waals surface area contributed by atoms with Gasteiger partial charge in [0.1, 0.15) is 5.82 Å². The Morgan fingerprint density at radius 2 is 2.08 bits per heavy atom. The molecule has 4 nitrogen and oxygen atoms in total. The van der Waals surface area contributed by atoms with Gasteiger partial charge in [-0.15, -0.1) is 11.3 Å². The molecule has 0 radical (unpaired) electrons. The molecule has 0 fully saturated rings. The first-order valence-corrected chi connectivity index (χ1v) is 8.48. The lowest BCUT2D eigenvalue weighted by molar-refractivity contribution is -0.142. The van der Waals surface area contributed by atoms with Crippen molar-refractivity contribution in [3.8, 4) is 22.8 Å². The predicted molar refractivity (Wildman–Crippen MR) is 90.6 cm³/mol. The number of rotatable bonds is 5. The Bertz CT molecular complexity index is 857. The van der Waals surface area contributed by atoms with Crippen LogP contribution in [0.3, 0.4) is 0 Å². The third-order valence-electron chi connectivity index (χ3n) is 3.24. The van der Waals surface area contributed by atoms with E-state index in [2.05, 4.69) is 4.98 Å². The van der Waals surface area contributed by atoms with Gasteiger partial charge in [-0.05, 0) is 37.3 Å². The second-order valence-electron chi connectivity index (χ2n) is 4.92. The molecule has 0 spiro atoms. The Kier molecular flexibility index (Phi) is 4.97. The maximum absolute atomic E-state index is 13.1. The van der Waals surface area contributed by atoms with Crippen molar-refractivity contribution in [1.82, 2.24) is 4.98 Å². The zero-order chi connectivity index (χ0) is 17.1. The molecule has 0 aliphatic carbocycles. The highest BCUT2D eigenvalue weighted by Gasteiger charge is 2.20. The molecule has 0 saturated heterocycles. The maximum Gasteiger partial charge on any atom is 0.312 e. The van der Waals surface area contributed by atoms with Gasteiger partial charge in [0.15, 0.2) is 5.76 Å². The van der Waals surface area contributed by atoms with E-state index < -0.39 is 0 Å². The molecule has 2 aromatic heterocycles. The topological polar surface area (TPSA) is 52.3 Å². The van der Waals surface area contributed by atoms with Crippen LogP contribution < -0.4 is 0 Å². The summed E-state index contributed by atoms with van der Waals surface area (Å²) in [6.07, 6.45) is -0.0126. The molecule has 124 valence electrons. The molecule has 1 aromatic carbocycles. The summed E-state index contributed by atoms with van der Waals surface area (Å²) < 4.78 is 24.5. The molecular weight excluding hydrogens is 353 g/mol. The second kappa shape index (κ2) is 7.15. The van der Waals surface area contributed by atoms with E-state index in [9.17, 15) is 9.18 Å². The largest absolute Gasteiger partial charge is 0.466 e. The molecule has 0 saturated carbocycles. The third-order valence-corrected chi connectivity index (χ3v) is 4.33. The summed E-state index contributed by atoms with van der Waals surface area (Å²) in [5.41, 5.74) is 1.82. The van der Waals surface area contributed by atoms with Gasteiger partial charge in [0.05, 0.1) is 23.1 Å². The molecular formula is C17H13ClFNO3S. The number of aromatic nitrogens is 1. The number of nitrogens with zero attached hydrogens (tertiary/aromatic N) is 1. The van der Waals surface area contributed by atoms with E-state index >= 15 is 0 Å². The van der Waals surface area contributed by atoms with Gasteiger partial charge < -0.3 is 9.15 Å². The van der Waals surface area contributed by atoms with Crippen molar-refractivity contribution in [2.75, 3.05) is 6.61 Å². The molecule has 0 atom stereocenters. The fourth-order valence-corrected chi connectivity index (χ4v) is 3.05. The minimum Gasteiger partial charge on any atom is -0.466 e. The van der Waals surface area contributed by atoms with Crippen LogP contribution in [-0.2, 0) is 16.0 Å². The molecule has 0 unspecified atom stereocenters. The molecule has 24 heavy (non-hydrogen) atoms. The van der Waals surface area contributed by atoms with E-state index in [4.69, 9.17) is 20.8 Å². The summed E-state index contributed by atoms with van der Waals surface area (Å²) in [7, 11) is 0. The number of ether oxygens (including phenoxy) is 1. The number of halogens is 2. The molecule has 0 bridgehead atoms. The number of oxazole rings is 1. The number of esters is 1. The number of carbonyl (C=O) groups is 1. The number of carbonyl (C=O) groups excluding carboxylic acids is 1. The van der Waals surface area contributed by atoms with Gasteiger partial charge in [-0.25, -0.2) is 9.37 Å². The van der Waals surface area contributed by atoms with Crippen molar-refractivity contribution >= 4 is 28.9 Å².